The fourth-order valence-corrected chi connectivity index (χ4v) is 3.90. The number of nitrogens with zero attached hydrogens (tertiary/aromatic N) is 5. The summed E-state index contributed by atoms with van der Waals surface area (Å²) >= 11 is 0. The molecule has 1 aliphatic rings. The molecule has 156 valence electrons. The van der Waals surface area contributed by atoms with Crippen molar-refractivity contribution in [2.24, 2.45) is 5.92 Å². The number of carbonyl (C=O) groups excluding carboxylic acids is 1. The maximum atomic E-state index is 12.9. The van der Waals surface area contributed by atoms with Crippen molar-refractivity contribution in [3.63, 3.8) is 0 Å². The van der Waals surface area contributed by atoms with Crippen LogP contribution in [0.25, 0.3) is 0 Å². The van der Waals surface area contributed by atoms with Crippen LogP contribution in [0.15, 0.2) is 48.8 Å². The molecule has 1 aromatic heterocycles. The van der Waals surface area contributed by atoms with Crippen LogP contribution in [0.5, 0.6) is 11.5 Å². The zero-order valence-corrected chi connectivity index (χ0v) is 17.2. The number of rotatable bonds is 7. The molecular weight excluding hydrogens is 382 g/mol. The van der Waals surface area contributed by atoms with Gasteiger partial charge in [-0.3, -0.25) is 4.79 Å². The van der Waals surface area contributed by atoms with Crippen molar-refractivity contribution in [3.8, 4) is 11.5 Å². The van der Waals surface area contributed by atoms with Gasteiger partial charge < -0.3 is 14.4 Å². The SMILES string of the molecule is COc1ccc(CC2CCN(C(=O)c3ccc(Cn4cnnn4)cc3)C2)cc1OC. The number of likely N-dealkylation sites (tertiary alicyclic amines) is 1. The molecule has 30 heavy (non-hydrogen) atoms. The minimum Gasteiger partial charge on any atom is -0.493 e. The summed E-state index contributed by atoms with van der Waals surface area (Å²) < 4.78 is 12.4. The Hall–Kier alpha value is -3.42. The summed E-state index contributed by atoms with van der Waals surface area (Å²) in [5.74, 6) is 1.99. The Morgan fingerprint density at radius 3 is 2.53 bits per heavy atom. The van der Waals surface area contributed by atoms with Crippen LogP contribution >= 0.6 is 0 Å². The van der Waals surface area contributed by atoms with Gasteiger partial charge in [0.2, 0.25) is 0 Å². The van der Waals surface area contributed by atoms with Crippen LogP contribution in [-0.2, 0) is 13.0 Å². The van der Waals surface area contributed by atoms with Crippen molar-refractivity contribution >= 4 is 5.91 Å². The number of tetrazole rings is 1. The summed E-state index contributed by atoms with van der Waals surface area (Å²) in [4.78, 5) is 14.9. The van der Waals surface area contributed by atoms with Crippen LogP contribution in [0.2, 0.25) is 0 Å². The van der Waals surface area contributed by atoms with Crippen LogP contribution in [0.1, 0.15) is 27.9 Å². The van der Waals surface area contributed by atoms with Gasteiger partial charge in [-0.05, 0) is 64.6 Å². The molecule has 1 fully saturated rings. The van der Waals surface area contributed by atoms with Gasteiger partial charge in [-0.2, -0.15) is 0 Å². The highest BCUT2D eigenvalue weighted by atomic mass is 16.5. The normalized spacial score (nSPS) is 15.9. The van der Waals surface area contributed by atoms with E-state index in [9.17, 15) is 4.79 Å². The van der Waals surface area contributed by atoms with Crippen LogP contribution < -0.4 is 9.47 Å². The summed E-state index contributed by atoms with van der Waals surface area (Å²) in [7, 11) is 3.28. The molecule has 0 bridgehead atoms. The first-order chi connectivity index (χ1) is 14.7. The summed E-state index contributed by atoms with van der Waals surface area (Å²) in [6, 6.07) is 13.7. The molecule has 2 heterocycles. The Labute approximate surface area is 175 Å². The lowest BCUT2D eigenvalue weighted by atomic mass is 9.98. The molecule has 0 spiro atoms. The van der Waals surface area contributed by atoms with Gasteiger partial charge in [0, 0.05) is 18.7 Å². The second-order valence-corrected chi connectivity index (χ2v) is 7.50. The maximum absolute atomic E-state index is 12.9. The largest absolute Gasteiger partial charge is 0.493 e. The van der Waals surface area contributed by atoms with Gasteiger partial charge in [0.15, 0.2) is 11.5 Å². The van der Waals surface area contributed by atoms with Gasteiger partial charge in [0.1, 0.15) is 6.33 Å². The zero-order chi connectivity index (χ0) is 20.9. The molecule has 8 nitrogen and oxygen atoms in total. The van der Waals surface area contributed by atoms with Crippen molar-refractivity contribution in [2.75, 3.05) is 27.3 Å². The highest BCUT2D eigenvalue weighted by molar-refractivity contribution is 5.94. The van der Waals surface area contributed by atoms with E-state index in [4.69, 9.17) is 9.47 Å². The number of amides is 1. The molecule has 2 aromatic carbocycles. The summed E-state index contributed by atoms with van der Waals surface area (Å²) in [6.07, 6.45) is 3.48. The van der Waals surface area contributed by atoms with E-state index in [1.54, 1.807) is 25.2 Å². The molecule has 1 unspecified atom stereocenters. The van der Waals surface area contributed by atoms with Crippen molar-refractivity contribution < 1.29 is 14.3 Å². The smallest absolute Gasteiger partial charge is 0.253 e. The molecule has 0 aliphatic carbocycles. The number of hydrogen-bond acceptors (Lipinski definition) is 6. The van der Waals surface area contributed by atoms with Gasteiger partial charge >= 0.3 is 0 Å². The Morgan fingerprint density at radius 2 is 1.83 bits per heavy atom. The predicted octanol–water partition coefficient (Wildman–Crippen LogP) is 2.44. The Balaban J connectivity index is 1.35. The third kappa shape index (κ3) is 4.42. The summed E-state index contributed by atoms with van der Waals surface area (Å²) in [6.45, 7) is 2.13. The fraction of sp³-hybridized carbons (Fsp3) is 0.364. The third-order valence-corrected chi connectivity index (χ3v) is 5.48. The van der Waals surface area contributed by atoms with E-state index >= 15 is 0 Å². The Bertz CT molecular complexity index is 989. The Kier molecular flexibility index (Phi) is 5.92. The van der Waals surface area contributed by atoms with Gasteiger partial charge in [-0.25, -0.2) is 4.68 Å². The second kappa shape index (κ2) is 8.94. The molecule has 0 radical (unpaired) electrons. The van der Waals surface area contributed by atoms with Crippen molar-refractivity contribution in [1.82, 2.24) is 25.1 Å². The van der Waals surface area contributed by atoms with E-state index in [0.29, 0.717) is 18.0 Å². The van der Waals surface area contributed by atoms with Gasteiger partial charge in [0.05, 0.1) is 20.8 Å². The second-order valence-electron chi connectivity index (χ2n) is 7.50. The molecule has 3 aromatic rings. The van der Waals surface area contributed by atoms with Crippen LogP contribution in [0.3, 0.4) is 0 Å². The first kappa shape index (κ1) is 19.9. The fourth-order valence-electron chi connectivity index (χ4n) is 3.90. The topological polar surface area (TPSA) is 82.4 Å². The van der Waals surface area contributed by atoms with Crippen molar-refractivity contribution in [2.45, 2.75) is 19.4 Å². The Morgan fingerprint density at radius 1 is 1.07 bits per heavy atom. The zero-order valence-electron chi connectivity index (χ0n) is 17.2. The van der Waals surface area contributed by atoms with E-state index in [-0.39, 0.29) is 5.91 Å². The van der Waals surface area contributed by atoms with Crippen LogP contribution in [0.4, 0.5) is 0 Å². The molecule has 4 rings (SSSR count). The number of hydrogen-bond donors (Lipinski definition) is 0. The first-order valence-electron chi connectivity index (χ1n) is 9.96. The van der Waals surface area contributed by atoms with E-state index in [1.807, 2.05) is 41.3 Å². The number of aromatic nitrogens is 4. The molecular formula is C22H25N5O3. The highest BCUT2D eigenvalue weighted by Crippen LogP contribution is 2.30. The molecule has 0 saturated carbocycles. The highest BCUT2D eigenvalue weighted by Gasteiger charge is 2.27. The van der Waals surface area contributed by atoms with Crippen molar-refractivity contribution in [3.05, 3.63) is 65.5 Å². The summed E-state index contributed by atoms with van der Waals surface area (Å²) in [5, 5.41) is 11.1. The lowest BCUT2D eigenvalue weighted by molar-refractivity contribution is 0.0787. The lowest BCUT2D eigenvalue weighted by Crippen LogP contribution is -2.28. The quantitative estimate of drug-likeness (QED) is 0.598. The monoisotopic (exact) mass is 407 g/mol. The van der Waals surface area contributed by atoms with E-state index in [1.165, 1.54) is 5.56 Å². The van der Waals surface area contributed by atoms with E-state index < -0.39 is 0 Å². The molecule has 1 saturated heterocycles. The summed E-state index contributed by atoms with van der Waals surface area (Å²) in [5.41, 5.74) is 2.95. The van der Waals surface area contributed by atoms with E-state index in [2.05, 4.69) is 21.6 Å². The lowest BCUT2D eigenvalue weighted by Gasteiger charge is -2.17. The number of ether oxygens (including phenoxy) is 2. The average Bonchev–Trinajstić information content (AvgIpc) is 3.46. The van der Waals surface area contributed by atoms with Gasteiger partial charge in [0.25, 0.3) is 5.91 Å². The van der Waals surface area contributed by atoms with Crippen LogP contribution in [-0.4, -0.2) is 58.3 Å². The number of benzene rings is 2. The van der Waals surface area contributed by atoms with Crippen molar-refractivity contribution in [1.29, 1.82) is 0 Å². The maximum Gasteiger partial charge on any atom is 0.253 e. The van der Waals surface area contributed by atoms with Gasteiger partial charge in [-0.15, -0.1) is 5.10 Å². The minimum atomic E-state index is 0.0822. The number of carbonyl (C=O) groups is 1. The molecule has 1 amide bonds. The first-order valence-corrected chi connectivity index (χ1v) is 9.96. The van der Waals surface area contributed by atoms with E-state index in [0.717, 1.165) is 43.0 Å². The molecule has 1 atom stereocenters. The number of methoxy groups -OCH3 is 2. The minimum absolute atomic E-state index is 0.0822. The standard InChI is InChI=1S/C22H25N5O3/c1-29-20-8-5-17(12-21(20)30-2)11-18-9-10-26(13-18)22(28)19-6-3-16(4-7-19)14-27-15-23-24-25-27/h3-8,12,15,18H,9-11,13-14H2,1-2H3. The molecule has 0 N–H and O–H groups in total. The third-order valence-electron chi connectivity index (χ3n) is 5.48. The molecule has 1 aliphatic heterocycles. The predicted molar refractivity (Wildman–Crippen MR) is 111 cm³/mol. The molecule has 8 heteroatoms. The average molecular weight is 407 g/mol. The van der Waals surface area contributed by atoms with Crippen LogP contribution in [0, 0.1) is 5.92 Å². The van der Waals surface area contributed by atoms with Gasteiger partial charge in [-0.1, -0.05) is 18.2 Å².